The monoisotopic (exact) mass is 395 g/mol. The van der Waals surface area contributed by atoms with Crippen LogP contribution in [0.2, 0.25) is 0 Å². The number of rotatable bonds is 8. The predicted octanol–water partition coefficient (Wildman–Crippen LogP) is 0.953. The minimum absolute atomic E-state index is 0. The zero-order valence-corrected chi connectivity index (χ0v) is 16.7. The van der Waals surface area contributed by atoms with Gasteiger partial charge in [0.15, 0.2) is 0 Å². The van der Waals surface area contributed by atoms with Gasteiger partial charge in [-0.25, -0.2) is 4.79 Å². The molecule has 25 heavy (non-hydrogen) atoms. The summed E-state index contributed by atoms with van der Waals surface area (Å²) in [6, 6.07) is -1.36. The van der Waals surface area contributed by atoms with E-state index < -0.39 is 18.1 Å². The molecule has 0 aromatic carbocycles. The van der Waals surface area contributed by atoms with Gasteiger partial charge in [-0.2, -0.15) is 11.8 Å². The summed E-state index contributed by atoms with van der Waals surface area (Å²) in [5.74, 6) is -0.911. The molecule has 1 aliphatic heterocycles. The van der Waals surface area contributed by atoms with Gasteiger partial charge in [-0.05, 0) is 37.2 Å². The molecule has 1 saturated heterocycles. The third-order valence-corrected chi connectivity index (χ3v) is 5.00. The van der Waals surface area contributed by atoms with Crippen molar-refractivity contribution < 1.29 is 19.5 Å². The molecule has 1 rings (SSSR count). The van der Waals surface area contributed by atoms with Crippen LogP contribution >= 0.6 is 24.2 Å². The highest BCUT2D eigenvalue weighted by Crippen LogP contribution is 2.19. The van der Waals surface area contributed by atoms with Crippen LogP contribution in [0.15, 0.2) is 0 Å². The fourth-order valence-corrected chi connectivity index (χ4v) is 3.24. The van der Waals surface area contributed by atoms with Gasteiger partial charge < -0.3 is 21.1 Å². The quantitative estimate of drug-likeness (QED) is 0.564. The number of nitrogens with one attached hydrogen (secondary N) is 1. The van der Waals surface area contributed by atoms with Crippen molar-refractivity contribution in [3.63, 3.8) is 0 Å². The highest BCUT2D eigenvalue weighted by atomic mass is 35.5. The second-order valence-electron chi connectivity index (χ2n) is 6.56. The first-order valence-corrected chi connectivity index (χ1v) is 9.73. The summed E-state index contributed by atoms with van der Waals surface area (Å²) in [6.07, 6.45) is 3.70. The third kappa shape index (κ3) is 7.42. The Morgan fingerprint density at radius 1 is 1.28 bits per heavy atom. The van der Waals surface area contributed by atoms with E-state index in [1.165, 1.54) is 0 Å². The Morgan fingerprint density at radius 3 is 2.28 bits per heavy atom. The van der Waals surface area contributed by atoms with E-state index in [4.69, 9.17) is 10.8 Å². The Bertz CT molecular complexity index is 457. The first kappa shape index (κ1) is 24.0. The van der Waals surface area contributed by atoms with Crippen molar-refractivity contribution in [1.82, 2.24) is 10.2 Å². The normalized spacial score (nSPS) is 17.6. The number of amides is 2. The summed E-state index contributed by atoms with van der Waals surface area (Å²) in [7, 11) is 0. The number of aliphatic carboxylic acids is 1. The van der Waals surface area contributed by atoms with Crippen LogP contribution in [0.3, 0.4) is 0 Å². The molecule has 7 nitrogen and oxygen atoms in total. The number of hydrogen-bond acceptors (Lipinski definition) is 5. The average molecular weight is 396 g/mol. The Morgan fingerprint density at radius 2 is 1.84 bits per heavy atom. The van der Waals surface area contributed by atoms with E-state index >= 15 is 0 Å². The Hall–Kier alpha value is -0.990. The highest BCUT2D eigenvalue weighted by molar-refractivity contribution is 7.98. The summed E-state index contributed by atoms with van der Waals surface area (Å²) < 4.78 is 0. The van der Waals surface area contributed by atoms with Gasteiger partial charge in [0.25, 0.3) is 0 Å². The Labute approximate surface area is 159 Å². The van der Waals surface area contributed by atoms with E-state index in [2.05, 4.69) is 5.32 Å². The van der Waals surface area contributed by atoms with E-state index in [1.807, 2.05) is 6.26 Å². The molecule has 0 radical (unpaired) electrons. The van der Waals surface area contributed by atoms with Gasteiger partial charge in [0.2, 0.25) is 11.8 Å². The average Bonchev–Trinajstić information content (AvgIpc) is 2.56. The van der Waals surface area contributed by atoms with Crippen LogP contribution in [0.1, 0.15) is 33.1 Å². The van der Waals surface area contributed by atoms with Gasteiger partial charge in [0.05, 0.1) is 6.04 Å². The second kappa shape index (κ2) is 11.6. The molecule has 1 heterocycles. The largest absolute Gasteiger partial charge is 0.480 e. The highest BCUT2D eigenvalue weighted by Gasteiger charge is 2.32. The maximum Gasteiger partial charge on any atom is 0.326 e. The lowest BCUT2D eigenvalue weighted by Gasteiger charge is -2.33. The molecular weight excluding hydrogens is 366 g/mol. The van der Waals surface area contributed by atoms with Crippen LogP contribution in [0.5, 0.6) is 0 Å². The van der Waals surface area contributed by atoms with Crippen molar-refractivity contribution in [2.24, 2.45) is 17.6 Å². The lowest BCUT2D eigenvalue weighted by Crippen LogP contribution is -2.51. The van der Waals surface area contributed by atoms with E-state index in [1.54, 1.807) is 30.5 Å². The molecule has 0 aromatic rings. The number of carbonyl (C=O) groups excluding carboxylic acids is 2. The molecule has 2 atom stereocenters. The number of likely N-dealkylation sites (tertiary alicyclic amines) is 1. The standard InChI is InChI=1S/C16H29N3O4S.ClH/c1-10(2)13(16(22)23)18-14(20)11-4-7-19(8-5-11)15(21)12(17)6-9-24-3;/h10-13H,4-9,17H2,1-3H3,(H,18,20)(H,22,23);1H/t12-,13-;/m0./s1. The minimum Gasteiger partial charge on any atom is -0.480 e. The third-order valence-electron chi connectivity index (χ3n) is 4.36. The van der Waals surface area contributed by atoms with Crippen molar-refractivity contribution in [3.05, 3.63) is 0 Å². The van der Waals surface area contributed by atoms with Crippen molar-refractivity contribution in [2.75, 3.05) is 25.1 Å². The fourth-order valence-electron chi connectivity index (χ4n) is 2.75. The fraction of sp³-hybridized carbons (Fsp3) is 0.812. The molecule has 0 aliphatic carbocycles. The zero-order valence-electron chi connectivity index (χ0n) is 15.1. The number of carboxylic acid groups (broad SMARTS) is 1. The van der Waals surface area contributed by atoms with Crippen LogP contribution in [0, 0.1) is 11.8 Å². The summed E-state index contributed by atoms with van der Waals surface area (Å²) in [6.45, 7) is 4.50. The minimum atomic E-state index is -1.02. The molecule has 1 aliphatic rings. The van der Waals surface area contributed by atoms with Gasteiger partial charge in [0.1, 0.15) is 6.04 Å². The number of halogens is 1. The molecule has 1 fully saturated rings. The number of hydrogen-bond donors (Lipinski definition) is 3. The molecule has 9 heteroatoms. The first-order chi connectivity index (χ1) is 11.3. The lowest BCUT2D eigenvalue weighted by molar-refractivity contribution is -0.144. The summed E-state index contributed by atoms with van der Waals surface area (Å²) >= 11 is 1.66. The number of thioether (sulfide) groups is 1. The Balaban J connectivity index is 0.00000576. The van der Waals surface area contributed by atoms with Gasteiger partial charge in [-0.15, -0.1) is 12.4 Å². The number of carboxylic acids is 1. The van der Waals surface area contributed by atoms with E-state index in [-0.39, 0.29) is 36.1 Å². The maximum absolute atomic E-state index is 12.3. The summed E-state index contributed by atoms with van der Waals surface area (Å²) in [5, 5.41) is 11.8. The smallest absolute Gasteiger partial charge is 0.326 e. The molecule has 0 spiro atoms. The molecule has 0 aromatic heterocycles. The molecular formula is C16H30ClN3O4S. The van der Waals surface area contributed by atoms with Crippen LogP contribution in [0.4, 0.5) is 0 Å². The van der Waals surface area contributed by atoms with E-state index in [0.29, 0.717) is 32.4 Å². The molecule has 4 N–H and O–H groups in total. The Kier molecular flexibility index (Phi) is 11.1. The van der Waals surface area contributed by atoms with Gasteiger partial charge in [0, 0.05) is 19.0 Å². The first-order valence-electron chi connectivity index (χ1n) is 8.34. The zero-order chi connectivity index (χ0) is 18.3. The predicted molar refractivity (Wildman–Crippen MR) is 102 cm³/mol. The number of nitrogens with zero attached hydrogens (tertiary/aromatic N) is 1. The summed E-state index contributed by atoms with van der Waals surface area (Å²) in [4.78, 5) is 37.4. The van der Waals surface area contributed by atoms with E-state index in [0.717, 1.165) is 5.75 Å². The van der Waals surface area contributed by atoms with Gasteiger partial charge >= 0.3 is 5.97 Å². The van der Waals surface area contributed by atoms with Crippen LogP contribution in [0.25, 0.3) is 0 Å². The molecule has 0 bridgehead atoms. The van der Waals surface area contributed by atoms with Crippen molar-refractivity contribution >= 4 is 42.0 Å². The van der Waals surface area contributed by atoms with Gasteiger partial charge in [-0.3, -0.25) is 9.59 Å². The van der Waals surface area contributed by atoms with Crippen LogP contribution < -0.4 is 11.1 Å². The van der Waals surface area contributed by atoms with Crippen LogP contribution in [-0.2, 0) is 14.4 Å². The lowest BCUT2D eigenvalue weighted by atomic mass is 9.94. The van der Waals surface area contributed by atoms with Crippen molar-refractivity contribution in [3.8, 4) is 0 Å². The number of piperidine rings is 1. The second-order valence-corrected chi connectivity index (χ2v) is 7.54. The molecule has 146 valence electrons. The number of nitrogens with two attached hydrogens (primary N) is 1. The molecule has 0 saturated carbocycles. The maximum atomic E-state index is 12.3. The van der Waals surface area contributed by atoms with Crippen molar-refractivity contribution in [2.45, 2.75) is 45.2 Å². The van der Waals surface area contributed by atoms with Crippen LogP contribution in [-0.4, -0.2) is 65.0 Å². The van der Waals surface area contributed by atoms with Gasteiger partial charge in [-0.1, -0.05) is 13.8 Å². The van der Waals surface area contributed by atoms with E-state index in [9.17, 15) is 14.4 Å². The van der Waals surface area contributed by atoms with Crippen molar-refractivity contribution in [1.29, 1.82) is 0 Å². The molecule has 0 unspecified atom stereocenters. The summed E-state index contributed by atoms with van der Waals surface area (Å²) in [5.41, 5.74) is 5.91. The SMILES string of the molecule is CSCC[C@H](N)C(=O)N1CCC(C(=O)N[C@H](C(=O)O)C(C)C)CC1.Cl. The number of carbonyl (C=O) groups is 3. The molecule has 2 amide bonds. The topological polar surface area (TPSA) is 113 Å².